The first-order chi connectivity index (χ1) is 4.50. The van der Waals surface area contributed by atoms with Crippen LogP contribution in [0.25, 0.3) is 0 Å². The van der Waals surface area contributed by atoms with E-state index in [1.54, 1.807) is 0 Å². The molecule has 10 heavy (non-hydrogen) atoms. The van der Waals surface area contributed by atoms with Gasteiger partial charge in [-0.1, -0.05) is 20.8 Å². The quantitative estimate of drug-likeness (QED) is 0.544. The van der Waals surface area contributed by atoms with Crippen molar-refractivity contribution < 1.29 is 0 Å². The summed E-state index contributed by atoms with van der Waals surface area (Å²) >= 11 is 0. The molecule has 0 aromatic heterocycles. The van der Waals surface area contributed by atoms with Gasteiger partial charge in [-0.2, -0.15) is 0 Å². The molecule has 1 nitrogen and oxygen atoms in total. The fraction of sp³-hybridized carbons (Fsp3) is 1.00. The first kappa shape index (κ1) is 8.06. The van der Waals surface area contributed by atoms with E-state index in [1.807, 2.05) is 0 Å². The topological polar surface area (TPSA) is 12.0 Å². The van der Waals surface area contributed by atoms with Crippen molar-refractivity contribution in [3.05, 3.63) is 0 Å². The molecule has 0 saturated carbocycles. The van der Waals surface area contributed by atoms with E-state index in [0.29, 0.717) is 5.41 Å². The molecule has 1 heteroatoms. The van der Waals surface area contributed by atoms with Crippen molar-refractivity contribution in [2.75, 3.05) is 6.54 Å². The summed E-state index contributed by atoms with van der Waals surface area (Å²) in [7, 11) is 0. The van der Waals surface area contributed by atoms with Gasteiger partial charge >= 0.3 is 0 Å². The SMILES string of the molecule is C[C@H]1CC(C(C)(C)C)CN1. The molecule has 1 rings (SSSR count). The summed E-state index contributed by atoms with van der Waals surface area (Å²) in [5, 5.41) is 3.48. The van der Waals surface area contributed by atoms with Gasteiger partial charge in [0.25, 0.3) is 0 Å². The third-order valence-corrected chi connectivity index (χ3v) is 2.58. The molecule has 0 aromatic carbocycles. The Balaban J connectivity index is 2.45. The molecule has 1 fully saturated rings. The molecule has 0 aromatic rings. The fourth-order valence-corrected chi connectivity index (χ4v) is 1.60. The molecule has 1 aliphatic rings. The van der Waals surface area contributed by atoms with Crippen molar-refractivity contribution in [2.45, 2.75) is 40.2 Å². The summed E-state index contributed by atoms with van der Waals surface area (Å²) in [5.74, 6) is 0.877. The highest BCUT2D eigenvalue weighted by Crippen LogP contribution is 2.32. The second-order valence-electron chi connectivity index (χ2n) is 4.61. The van der Waals surface area contributed by atoms with Crippen LogP contribution in [0.1, 0.15) is 34.1 Å². The lowest BCUT2D eigenvalue weighted by Crippen LogP contribution is -2.22. The van der Waals surface area contributed by atoms with Crippen LogP contribution >= 0.6 is 0 Å². The molecule has 0 spiro atoms. The van der Waals surface area contributed by atoms with Gasteiger partial charge in [-0.25, -0.2) is 0 Å². The highest BCUT2D eigenvalue weighted by Gasteiger charge is 2.30. The van der Waals surface area contributed by atoms with E-state index in [4.69, 9.17) is 0 Å². The van der Waals surface area contributed by atoms with Crippen LogP contribution in [-0.2, 0) is 0 Å². The van der Waals surface area contributed by atoms with Crippen molar-refractivity contribution in [1.82, 2.24) is 5.32 Å². The molecular formula is C9H19N. The van der Waals surface area contributed by atoms with E-state index in [1.165, 1.54) is 13.0 Å². The summed E-state index contributed by atoms with van der Waals surface area (Å²) in [5.41, 5.74) is 0.498. The van der Waals surface area contributed by atoms with Crippen LogP contribution in [0.3, 0.4) is 0 Å². The third-order valence-electron chi connectivity index (χ3n) is 2.58. The van der Waals surface area contributed by atoms with Crippen molar-refractivity contribution >= 4 is 0 Å². The molecule has 1 saturated heterocycles. The Labute approximate surface area is 64.2 Å². The Morgan fingerprint density at radius 1 is 1.30 bits per heavy atom. The fourth-order valence-electron chi connectivity index (χ4n) is 1.60. The molecular weight excluding hydrogens is 122 g/mol. The highest BCUT2D eigenvalue weighted by atomic mass is 14.9. The lowest BCUT2D eigenvalue weighted by atomic mass is 9.79. The Morgan fingerprint density at radius 3 is 2.10 bits per heavy atom. The molecule has 0 aliphatic carbocycles. The smallest absolute Gasteiger partial charge is 0.00421 e. The van der Waals surface area contributed by atoms with Gasteiger partial charge in [0, 0.05) is 6.04 Å². The Hall–Kier alpha value is -0.0400. The van der Waals surface area contributed by atoms with Crippen LogP contribution in [0, 0.1) is 11.3 Å². The molecule has 1 N–H and O–H groups in total. The maximum atomic E-state index is 3.48. The summed E-state index contributed by atoms with van der Waals surface area (Å²) in [4.78, 5) is 0. The van der Waals surface area contributed by atoms with E-state index >= 15 is 0 Å². The van der Waals surface area contributed by atoms with Crippen LogP contribution in [0.4, 0.5) is 0 Å². The van der Waals surface area contributed by atoms with Gasteiger partial charge in [0.15, 0.2) is 0 Å². The zero-order valence-electron chi connectivity index (χ0n) is 7.57. The molecule has 60 valence electrons. The van der Waals surface area contributed by atoms with E-state index in [2.05, 4.69) is 33.0 Å². The maximum absolute atomic E-state index is 3.48. The average Bonchev–Trinajstić information content (AvgIpc) is 2.11. The van der Waals surface area contributed by atoms with E-state index < -0.39 is 0 Å². The third kappa shape index (κ3) is 1.72. The van der Waals surface area contributed by atoms with Gasteiger partial charge < -0.3 is 5.32 Å². The number of nitrogens with one attached hydrogen (secondary N) is 1. The minimum Gasteiger partial charge on any atom is -0.314 e. The average molecular weight is 141 g/mol. The van der Waals surface area contributed by atoms with Gasteiger partial charge in [0.1, 0.15) is 0 Å². The van der Waals surface area contributed by atoms with Crippen molar-refractivity contribution in [2.24, 2.45) is 11.3 Å². The summed E-state index contributed by atoms with van der Waals surface area (Å²) in [6.45, 7) is 10.5. The molecule has 0 radical (unpaired) electrons. The first-order valence-corrected chi connectivity index (χ1v) is 4.23. The zero-order chi connectivity index (χ0) is 7.78. The second-order valence-corrected chi connectivity index (χ2v) is 4.61. The van der Waals surface area contributed by atoms with Gasteiger partial charge in [-0.3, -0.25) is 0 Å². The van der Waals surface area contributed by atoms with Crippen LogP contribution in [0.15, 0.2) is 0 Å². The zero-order valence-corrected chi connectivity index (χ0v) is 7.57. The number of rotatable bonds is 0. The molecule has 1 heterocycles. The molecule has 2 atom stereocenters. The number of hydrogen-bond acceptors (Lipinski definition) is 1. The van der Waals surface area contributed by atoms with E-state index in [0.717, 1.165) is 12.0 Å². The monoisotopic (exact) mass is 141 g/mol. The molecule has 0 bridgehead atoms. The highest BCUT2D eigenvalue weighted by molar-refractivity contribution is 4.85. The van der Waals surface area contributed by atoms with Crippen LogP contribution in [-0.4, -0.2) is 12.6 Å². The van der Waals surface area contributed by atoms with Crippen molar-refractivity contribution in [3.8, 4) is 0 Å². The lowest BCUT2D eigenvalue weighted by Gasteiger charge is -2.25. The first-order valence-electron chi connectivity index (χ1n) is 4.23. The van der Waals surface area contributed by atoms with Gasteiger partial charge in [-0.05, 0) is 31.2 Å². The predicted molar refractivity (Wildman–Crippen MR) is 45.0 cm³/mol. The molecule has 0 amide bonds. The normalized spacial score (nSPS) is 34.8. The lowest BCUT2D eigenvalue weighted by molar-refractivity contribution is 0.258. The van der Waals surface area contributed by atoms with Crippen LogP contribution in [0.5, 0.6) is 0 Å². The van der Waals surface area contributed by atoms with Gasteiger partial charge in [-0.15, -0.1) is 0 Å². The van der Waals surface area contributed by atoms with Crippen LogP contribution < -0.4 is 5.32 Å². The van der Waals surface area contributed by atoms with E-state index in [9.17, 15) is 0 Å². The Morgan fingerprint density at radius 2 is 1.90 bits per heavy atom. The second kappa shape index (κ2) is 2.54. The summed E-state index contributed by atoms with van der Waals surface area (Å²) < 4.78 is 0. The van der Waals surface area contributed by atoms with E-state index in [-0.39, 0.29) is 0 Å². The van der Waals surface area contributed by atoms with Crippen molar-refractivity contribution in [1.29, 1.82) is 0 Å². The van der Waals surface area contributed by atoms with Crippen LogP contribution in [0.2, 0.25) is 0 Å². The number of hydrogen-bond donors (Lipinski definition) is 1. The minimum atomic E-state index is 0.498. The largest absolute Gasteiger partial charge is 0.314 e. The molecule has 1 aliphatic heterocycles. The van der Waals surface area contributed by atoms with Crippen molar-refractivity contribution in [3.63, 3.8) is 0 Å². The standard InChI is InChI=1S/C9H19N/c1-7-5-8(6-10-7)9(2,3)4/h7-8,10H,5-6H2,1-4H3/t7-,8?/m0/s1. The summed E-state index contributed by atoms with van der Waals surface area (Å²) in [6, 6.07) is 0.740. The molecule has 1 unspecified atom stereocenters. The Bertz CT molecular complexity index is 112. The maximum Gasteiger partial charge on any atom is 0.00421 e. The van der Waals surface area contributed by atoms with Gasteiger partial charge in [0.05, 0.1) is 0 Å². The summed E-state index contributed by atoms with van der Waals surface area (Å²) in [6.07, 6.45) is 1.35. The predicted octanol–water partition coefficient (Wildman–Crippen LogP) is 2.03. The van der Waals surface area contributed by atoms with Gasteiger partial charge in [0.2, 0.25) is 0 Å². The Kier molecular flexibility index (Phi) is 2.04. The minimum absolute atomic E-state index is 0.498.